The van der Waals surface area contributed by atoms with E-state index in [0.717, 1.165) is 6.07 Å². The van der Waals surface area contributed by atoms with Crippen LogP contribution in [0.25, 0.3) is 5.69 Å². The van der Waals surface area contributed by atoms with Crippen molar-refractivity contribution in [3.8, 4) is 5.69 Å². The number of benzene rings is 1. The summed E-state index contributed by atoms with van der Waals surface area (Å²) in [5, 5.41) is 15.1. The van der Waals surface area contributed by atoms with Crippen LogP contribution in [0.15, 0.2) is 30.5 Å². The van der Waals surface area contributed by atoms with Crippen molar-refractivity contribution in [2.45, 2.75) is 6.92 Å². The predicted octanol–water partition coefficient (Wildman–Crippen LogP) is 1.67. The molecule has 0 saturated carbocycles. The minimum Gasteiger partial charge on any atom is -0.476 e. The van der Waals surface area contributed by atoms with E-state index in [4.69, 9.17) is 5.11 Å². The standard InChI is InChI=1S/C12H10FN3O3/c1-7(17)14-10-6-8(13)2-3-11(10)16-5-4-9(15-16)12(18)19/h2-6H,1H3,(H,14,17)(H,18,19). The summed E-state index contributed by atoms with van der Waals surface area (Å²) in [6, 6.07) is 5.05. The summed E-state index contributed by atoms with van der Waals surface area (Å²) in [5.74, 6) is -2.04. The lowest BCUT2D eigenvalue weighted by atomic mass is 10.2. The maximum Gasteiger partial charge on any atom is 0.356 e. The second-order valence-electron chi connectivity index (χ2n) is 3.79. The average Bonchev–Trinajstić information content (AvgIpc) is 2.77. The van der Waals surface area contributed by atoms with Crippen molar-refractivity contribution in [3.05, 3.63) is 42.0 Å². The Bertz CT molecular complexity index is 651. The van der Waals surface area contributed by atoms with Crippen LogP contribution in [0.1, 0.15) is 17.4 Å². The molecule has 0 bridgehead atoms. The zero-order chi connectivity index (χ0) is 14.0. The lowest BCUT2D eigenvalue weighted by Gasteiger charge is -2.09. The Labute approximate surface area is 107 Å². The second-order valence-corrected chi connectivity index (χ2v) is 3.79. The Morgan fingerprint density at radius 3 is 2.68 bits per heavy atom. The fraction of sp³-hybridized carbons (Fsp3) is 0.0833. The van der Waals surface area contributed by atoms with Gasteiger partial charge in [0.05, 0.1) is 11.4 Å². The first-order valence-electron chi connectivity index (χ1n) is 5.34. The van der Waals surface area contributed by atoms with Crippen molar-refractivity contribution in [1.29, 1.82) is 0 Å². The molecule has 0 atom stereocenters. The molecule has 0 aliphatic heterocycles. The van der Waals surface area contributed by atoms with Gasteiger partial charge >= 0.3 is 5.97 Å². The van der Waals surface area contributed by atoms with Gasteiger partial charge in [0.1, 0.15) is 5.82 Å². The van der Waals surface area contributed by atoms with Crippen molar-refractivity contribution >= 4 is 17.6 Å². The molecule has 1 heterocycles. The third kappa shape index (κ3) is 2.76. The van der Waals surface area contributed by atoms with Gasteiger partial charge < -0.3 is 10.4 Å². The Kier molecular flexibility index (Phi) is 3.28. The Morgan fingerprint density at radius 1 is 1.37 bits per heavy atom. The second kappa shape index (κ2) is 4.89. The van der Waals surface area contributed by atoms with Crippen molar-refractivity contribution in [3.63, 3.8) is 0 Å². The summed E-state index contributed by atoms with van der Waals surface area (Å²) in [6.45, 7) is 1.29. The highest BCUT2D eigenvalue weighted by atomic mass is 19.1. The highest BCUT2D eigenvalue weighted by molar-refractivity contribution is 5.91. The molecule has 19 heavy (non-hydrogen) atoms. The molecule has 1 amide bonds. The maximum atomic E-state index is 13.2. The van der Waals surface area contributed by atoms with E-state index < -0.39 is 11.8 Å². The predicted molar refractivity (Wildman–Crippen MR) is 64.8 cm³/mol. The summed E-state index contributed by atoms with van der Waals surface area (Å²) in [4.78, 5) is 21.8. The van der Waals surface area contributed by atoms with E-state index in [2.05, 4.69) is 10.4 Å². The van der Waals surface area contributed by atoms with Gasteiger partial charge in [-0.1, -0.05) is 0 Å². The number of hydrogen-bond donors (Lipinski definition) is 2. The lowest BCUT2D eigenvalue weighted by molar-refractivity contribution is -0.114. The molecule has 0 aliphatic rings. The summed E-state index contributed by atoms with van der Waals surface area (Å²) in [7, 11) is 0. The maximum absolute atomic E-state index is 13.2. The first kappa shape index (κ1) is 12.7. The third-order valence-corrected chi connectivity index (χ3v) is 2.32. The first-order valence-corrected chi connectivity index (χ1v) is 5.34. The van der Waals surface area contributed by atoms with Gasteiger partial charge in [-0.15, -0.1) is 0 Å². The van der Waals surface area contributed by atoms with Crippen LogP contribution in [0.2, 0.25) is 0 Å². The number of amides is 1. The molecule has 0 spiro atoms. The Balaban J connectivity index is 2.47. The summed E-state index contributed by atoms with van der Waals surface area (Å²) < 4.78 is 14.4. The molecule has 1 aromatic carbocycles. The average molecular weight is 263 g/mol. The third-order valence-electron chi connectivity index (χ3n) is 2.32. The topological polar surface area (TPSA) is 84.2 Å². The number of nitrogens with zero attached hydrogens (tertiary/aromatic N) is 2. The molecule has 0 unspecified atom stereocenters. The number of aromatic nitrogens is 2. The van der Waals surface area contributed by atoms with Gasteiger partial charge in [-0.3, -0.25) is 4.79 Å². The number of carbonyl (C=O) groups excluding carboxylic acids is 1. The quantitative estimate of drug-likeness (QED) is 0.882. The molecule has 2 N–H and O–H groups in total. The minimum absolute atomic E-state index is 0.141. The number of aromatic carboxylic acids is 1. The molecule has 0 radical (unpaired) electrons. The highest BCUT2D eigenvalue weighted by Crippen LogP contribution is 2.21. The summed E-state index contributed by atoms with van der Waals surface area (Å²) in [5.41, 5.74) is 0.453. The molecule has 2 rings (SSSR count). The fourth-order valence-electron chi connectivity index (χ4n) is 1.57. The van der Waals surface area contributed by atoms with Crippen LogP contribution in [-0.2, 0) is 4.79 Å². The van der Waals surface area contributed by atoms with Gasteiger partial charge in [0.15, 0.2) is 5.69 Å². The van der Waals surface area contributed by atoms with E-state index in [1.807, 2.05) is 0 Å². The molecule has 1 aromatic heterocycles. The van der Waals surface area contributed by atoms with Gasteiger partial charge in [-0.25, -0.2) is 13.9 Å². The van der Waals surface area contributed by atoms with Crippen molar-refractivity contribution in [2.75, 3.05) is 5.32 Å². The highest BCUT2D eigenvalue weighted by Gasteiger charge is 2.12. The van der Waals surface area contributed by atoms with Gasteiger partial charge in [0, 0.05) is 13.1 Å². The number of carboxylic acid groups (broad SMARTS) is 1. The molecule has 0 saturated heterocycles. The van der Waals surface area contributed by atoms with Crippen LogP contribution in [0.5, 0.6) is 0 Å². The van der Waals surface area contributed by atoms with Crippen molar-refractivity contribution in [1.82, 2.24) is 9.78 Å². The number of halogens is 1. The van der Waals surface area contributed by atoms with Crippen molar-refractivity contribution in [2.24, 2.45) is 0 Å². The van der Waals surface area contributed by atoms with E-state index in [-0.39, 0.29) is 17.3 Å². The van der Waals surface area contributed by atoms with Crippen LogP contribution in [0, 0.1) is 5.82 Å². The van der Waals surface area contributed by atoms with Crippen LogP contribution in [0.3, 0.4) is 0 Å². The Morgan fingerprint density at radius 2 is 2.11 bits per heavy atom. The fourth-order valence-corrected chi connectivity index (χ4v) is 1.57. The van der Waals surface area contributed by atoms with Crippen LogP contribution in [-0.4, -0.2) is 26.8 Å². The number of anilines is 1. The van der Waals surface area contributed by atoms with Gasteiger partial charge in [-0.2, -0.15) is 5.10 Å². The van der Waals surface area contributed by atoms with Crippen LogP contribution >= 0.6 is 0 Å². The van der Waals surface area contributed by atoms with E-state index in [1.165, 1.54) is 36.0 Å². The van der Waals surface area contributed by atoms with Gasteiger partial charge in [0.25, 0.3) is 0 Å². The lowest BCUT2D eigenvalue weighted by Crippen LogP contribution is -2.10. The first-order chi connectivity index (χ1) is 8.97. The summed E-state index contributed by atoms with van der Waals surface area (Å²) in [6.07, 6.45) is 1.42. The molecule has 7 heteroatoms. The summed E-state index contributed by atoms with van der Waals surface area (Å²) >= 11 is 0. The number of carbonyl (C=O) groups is 2. The number of nitrogens with one attached hydrogen (secondary N) is 1. The SMILES string of the molecule is CC(=O)Nc1cc(F)ccc1-n1ccc(C(=O)O)n1. The monoisotopic (exact) mass is 263 g/mol. The van der Waals surface area contributed by atoms with Crippen LogP contribution in [0.4, 0.5) is 10.1 Å². The molecular formula is C12H10FN3O3. The van der Waals surface area contributed by atoms with Gasteiger partial charge in [0.2, 0.25) is 5.91 Å². The van der Waals surface area contributed by atoms with E-state index in [9.17, 15) is 14.0 Å². The number of rotatable bonds is 3. The number of carboxylic acids is 1. The molecule has 2 aromatic rings. The smallest absolute Gasteiger partial charge is 0.356 e. The zero-order valence-corrected chi connectivity index (χ0v) is 9.92. The molecular weight excluding hydrogens is 253 g/mol. The normalized spacial score (nSPS) is 10.2. The van der Waals surface area contributed by atoms with Crippen LogP contribution < -0.4 is 5.32 Å². The molecule has 0 fully saturated rings. The largest absolute Gasteiger partial charge is 0.476 e. The molecule has 6 nitrogen and oxygen atoms in total. The molecule has 0 aliphatic carbocycles. The molecule has 98 valence electrons. The van der Waals surface area contributed by atoms with Crippen molar-refractivity contribution < 1.29 is 19.1 Å². The van der Waals surface area contributed by atoms with Gasteiger partial charge in [-0.05, 0) is 24.3 Å². The van der Waals surface area contributed by atoms with E-state index in [1.54, 1.807) is 0 Å². The van der Waals surface area contributed by atoms with E-state index in [0.29, 0.717) is 5.69 Å². The Hall–Kier alpha value is -2.70. The zero-order valence-electron chi connectivity index (χ0n) is 9.92. The number of hydrogen-bond acceptors (Lipinski definition) is 3. The van der Waals surface area contributed by atoms with E-state index >= 15 is 0 Å². The minimum atomic E-state index is -1.16.